The Bertz CT molecular complexity index is 940. The predicted molar refractivity (Wildman–Crippen MR) is 107 cm³/mol. The molecular formula is C20H19Cl3N2. The van der Waals surface area contributed by atoms with Gasteiger partial charge in [0, 0.05) is 23.6 Å². The Morgan fingerprint density at radius 1 is 1.00 bits per heavy atom. The standard InChI is InChI=1S/C20H19Cl3N2/c1-2-19-24-20-13(14-10-16(22)17(23)11-15(14)21)8-5-9-18(20)25(19)12-6-3-4-7-12/h5,8-12H,2-4,6-7H2,1H3. The summed E-state index contributed by atoms with van der Waals surface area (Å²) in [6.45, 7) is 2.17. The third-order valence-corrected chi connectivity index (χ3v) is 6.13. The summed E-state index contributed by atoms with van der Waals surface area (Å²) in [7, 11) is 0. The maximum atomic E-state index is 6.47. The molecule has 0 radical (unpaired) electrons. The number of halogens is 3. The van der Waals surface area contributed by atoms with Crippen LogP contribution in [-0.2, 0) is 6.42 Å². The molecule has 0 amide bonds. The summed E-state index contributed by atoms with van der Waals surface area (Å²) in [5.74, 6) is 1.14. The van der Waals surface area contributed by atoms with Crippen LogP contribution < -0.4 is 0 Å². The quantitative estimate of drug-likeness (QED) is 0.425. The summed E-state index contributed by atoms with van der Waals surface area (Å²) in [5.41, 5.74) is 4.06. The molecule has 1 aliphatic rings. The topological polar surface area (TPSA) is 17.8 Å². The van der Waals surface area contributed by atoms with Gasteiger partial charge >= 0.3 is 0 Å². The van der Waals surface area contributed by atoms with Crippen LogP contribution in [0.15, 0.2) is 30.3 Å². The minimum Gasteiger partial charge on any atom is -0.325 e. The molecule has 1 aliphatic carbocycles. The highest BCUT2D eigenvalue weighted by atomic mass is 35.5. The minimum atomic E-state index is 0.466. The Labute approximate surface area is 162 Å². The second-order valence-corrected chi connectivity index (χ2v) is 7.83. The Hall–Kier alpha value is -1.22. The van der Waals surface area contributed by atoms with Crippen LogP contribution in [0, 0.1) is 0 Å². The first-order valence-electron chi connectivity index (χ1n) is 8.75. The van der Waals surface area contributed by atoms with E-state index in [1.165, 1.54) is 31.2 Å². The van der Waals surface area contributed by atoms with Gasteiger partial charge in [-0.3, -0.25) is 0 Å². The van der Waals surface area contributed by atoms with Crippen molar-refractivity contribution in [2.75, 3.05) is 0 Å². The van der Waals surface area contributed by atoms with Gasteiger partial charge in [-0.15, -0.1) is 0 Å². The molecule has 0 bridgehead atoms. The fourth-order valence-electron chi connectivity index (χ4n) is 3.93. The number of hydrogen-bond donors (Lipinski definition) is 0. The molecule has 5 heteroatoms. The van der Waals surface area contributed by atoms with Gasteiger partial charge in [-0.25, -0.2) is 4.98 Å². The Morgan fingerprint density at radius 2 is 1.72 bits per heavy atom. The number of fused-ring (bicyclic) bond motifs is 1. The molecule has 3 aromatic rings. The van der Waals surface area contributed by atoms with E-state index in [-0.39, 0.29) is 0 Å². The molecule has 1 aromatic heterocycles. The van der Waals surface area contributed by atoms with Crippen molar-refractivity contribution in [3.05, 3.63) is 51.2 Å². The van der Waals surface area contributed by atoms with Crippen LogP contribution in [0.2, 0.25) is 15.1 Å². The molecule has 2 nitrogen and oxygen atoms in total. The summed E-state index contributed by atoms with van der Waals surface area (Å²) >= 11 is 18.8. The van der Waals surface area contributed by atoms with Gasteiger partial charge in [0.2, 0.25) is 0 Å². The fraction of sp³-hybridized carbons (Fsp3) is 0.350. The molecule has 0 atom stereocenters. The Morgan fingerprint density at radius 3 is 2.44 bits per heavy atom. The zero-order chi connectivity index (χ0) is 17.6. The third kappa shape index (κ3) is 2.95. The molecule has 1 heterocycles. The number of para-hydroxylation sites is 1. The SMILES string of the molecule is CCc1nc2c(-c3cc(Cl)c(Cl)cc3Cl)cccc2n1C1CCCC1. The lowest BCUT2D eigenvalue weighted by Crippen LogP contribution is -2.08. The van der Waals surface area contributed by atoms with Gasteiger partial charge in [0.1, 0.15) is 5.82 Å². The van der Waals surface area contributed by atoms with Gasteiger partial charge in [-0.05, 0) is 31.0 Å². The van der Waals surface area contributed by atoms with Gasteiger partial charge in [0.25, 0.3) is 0 Å². The monoisotopic (exact) mass is 392 g/mol. The van der Waals surface area contributed by atoms with E-state index in [1.54, 1.807) is 6.07 Å². The van der Waals surface area contributed by atoms with Crippen molar-refractivity contribution in [2.45, 2.75) is 45.1 Å². The molecule has 130 valence electrons. The van der Waals surface area contributed by atoms with Gasteiger partial charge in [-0.2, -0.15) is 0 Å². The van der Waals surface area contributed by atoms with Gasteiger partial charge in [-0.1, -0.05) is 66.7 Å². The molecule has 1 fully saturated rings. The molecular weight excluding hydrogens is 375 g/mol. The highest BCUT2D eigenvalue weighted by Gasteiger charge is 2.23. The van der Waals surface area contributed by atoms with Crippen molar-refractivity contribution in [2.24, 2.45) is 0 Å². The van der Waals surface area contributed by atoms with E-state index < -0.39 is 0 Å². The summed E-state index contributed by atoms with van der Waals surface area (Å²) in [6, 6.07) is 10.4. The van der Waals surface area contributed by atoms with E-state index in [2.05, 4.69) is 29.7 Å². The highest BCUT2D eigenvalue weighted by molar-refractivity contribution is 6.44. The van der Waals surface area contributed by atoms with Crippen molar-refractivity contribution in [1.82, 2.24) is 9.55 Å². The lowest BCUT2D eigenvalue weighted by molar-refractivity contribution is 0.513. The van der Waals surface area contributed by atoms with Crippen LogP contribution in [0.25, 0.3) is 22.2 Å². The smallest absolute Gasteiger partial charge is 0.109 e. The number of rotatable bonds is 3. The van der Waals surface area contributed by atoms with E-state index in [9.17, 15) is 0 Å². The van der Waals surface area contributed by atoms with E-state index in [0.29, 0.717) is 21.1 Å². The van der Waals surface area contributed by atoms with E-state index >= 15 is 0 Å². The van der Waals surface area contributed by atoms with E-state index in [1.807, 2.05) is 6.07 Å². The van der Waals surface area contributed by atoms with E-state index in [0.717, 1.165) is 28.9 Å². The Balaban J connectivity index is 1.96. The van der Waals surface area contributed by atoms with Crippen molar-refractivity contribution in [1.29, 1.82) is 0 Å². The first-order valence-corrected chi connectivity index (χ1v) is 9.88. The molecule has 2 aromatic carbocycles. The number of hydrogen-bond acceptors (Lipinski definition) is 1. The highest BCUT2D eigenvalue weighted by Crippen LogP contribution is 2.40. The summed E-state index contributed by atoms with van der Waals surface area (Å²) in [5, 5.41) is 1.56. The third-order valence-electron chi connectivity index (χ3n) is 5.10. The van der Waals surface area contributed by atoms with Crippen LogP contribution in [0.4, 0.5) is 0 Å². The van der Waals surface area contributed by atoms with Gasteiger partial charge in [0.15, 0.2) is 0 Å². The average Bonchev–Trinajstić information content (AvgIpc) is 3.24. The largest absolute Gasteiger partial charge is 0.325 e. The summed E-state index contributed by atoms with van der Waals surface area (Å²) in [6.07, 6.45) is 5.98. The van der Waals surface area contributed by atoms with Crippen molar-refractivity contribution < 1.29 is 0 Å². The van der Waals surface area contributed by atoms with Gasteiger partial charge in [0.05, 0.1) is 26.1 Å². The second kappa shape index (κ2) is 6.83. The van der Waals surface area contributed by atoms with Crippen molar-refractivity contribution in [3.8, 4) is 11.1 Å². The number of imidazole rings is 1. The maximum Gasteiger partial charge on any atom is 0.109 e. The lowest BCUT2D eigenvalue weighted by Gasteiger charge is -2.16. The van der Waals surface area contributed by atoms with Crippen LogP contribution >= 0.6 is 34.8 Å². The van der Waals surface area contributed by atoms with Crippen LogP contribution in [0.3, 0.4) is 0 Å². The van der Waals surface area contributed by atoms with Crippen LogP contribution in [-0.4, -0.2) is 9.55 Å². The molecule has 0 N–H and O–H groups in total. The molecule has 1 saturated carbocycles. The number of aryl methyl sites for hydroxylation is 1. The first kappa shape index (κ1) is 17.2. The molecule has 0 aliphatic heterocycles. The predicted octanol–water partition coefficient (Wildman–Crippen LogP) is 7.34. The van der Waals surface area contributed by atoms with Gasteiger partial charge < -0.3 is 4.57 Å². The van der Waals surface area contributed by atoms with Crippen LogP contribution in [0.1, 0.15) is 44.5 Å². The average molecular weight is 394 g/mol. The molecule has 25 heavy (non-hydrogen) atoms. The maximum absolute atomic E-state index is 6.47. The number of benzene rings is 2. The first-order chi connectivity index (χ1) is 12.1. The molecule has 0 unspecified atom stereocenters. The number of aromatic nitrogens is 2. The van der Waals surface area contributed by atoms with Crippen molar-refractivity contribution in [3.63, 3.8) is 0 Å². The zero-order valence-electron chi connectivity index (χ0n) is 14.0. The normalized spacial score (nSPS) is 15.4. The van der Waals surface area contributed by atoms with Crippen molar-refractivity contribution >= 4 is 45.8 Å². The minimum absolute atomic E-state index is 0.466. The second-order valence-electron chi connectivity index (χ2n) is 6.61. The summed E-state index contributed by atoms with van der Waals surface area (Å²) in [4.78, 5) is 4.97. The zero-order valence-corrected chi connectivity index (χ0v) is 16.3. The number of nitrogens with zero attached hydrogens (tertiary/aromatic N) is 2. The van der Waals surface area contributed by atoms with E-state index in [4.69, 9.17) is 39.8 Å². The fourth-order valence-corrected chi connectivity index (χ4v) is 4.58. The van der Waals surface area contributed by atoms with Crippen LogP contribution in [0.5, 0.6) is 0 Å². The Kier molecular flexibility index (Phi) is 4.70. The summed E-state index contributed by atoms with van der Waals surface area (Å²) < 4.78 is 2.44. The lowest BCUT2D eigenvalue weighted by atomic mass is 10.0. The molecule has 4 rings (SSSR count). The molecule has 0 spiro atoms. The molecule has 0 saturated heterocycles.